The topological polar surface area (TPSA) is 60.2 Å². The molecule has 0 saturated heterocycles. The van der Waals surface area contributed by atoms with Gasteiger partial charge in [-0.15, -0.1) is 0 Å². The lowest BCUT2D eigenvalue weighted by Gasteiger charge is -2.00. The number of Topliss-reactive ketones (excluding diaryl/α,β-unsaturated/α-hetero) is 1. The molecule has 0 radical (unpaired) electrons. The van der Waals surface area contributed by atoms with E-state index in [2.05, 4.69) is 0 Å². The number of nitrogens with zero attached hydrogens (tertiary/aromatic N) is 1. The summed E-state index contributed by atoms with van der Waals surface area (Å²) in [7, 11) is 0. The third-order valence-electron chi connectivity index (χ3n) is 2.01. The molecule has 0 aliphatic heterocycles. The molecule has 0 fully saturated rings. The van der Waals surface area contributed by atoms with Crippen LogP contribution in [0, 0.1) is 10.1 Å². The molecular weight excluding hydrogens is 226 g/mol. The van der Waals surface area contributed by atoms with E-state index in [1.54, 1.807) is 30.8 Å². The quantitative estimate of drug-likeness (QED) is 0.435. The summed E-state index contributed by atoms with van der Waals surface area (Å²) in [6, 6.07) is 6.50. The molecule has 5 heteroatoms. The number of rotatable bonds is 6. The second-order valence-corrected chi connectivity index (χ2v) is 4.53. The number of nitro benzene ring substituents is 1. The number of hydrogen-bond acceptors (Lipinski definition) is 4. The third kappa shape index (κ3) is 4.44. The highest BCUT2D eigenvalue weighted by molar-refractivity contribution is 7.98. The summed E-state index contributed by atoms with van der Waals surface area (Å²) in [6.45, 7) is 1.58. The van der Waals surface area contributed by atoms with Gasteiger partial charge in [0, 0.05) is 30.1 Å². The maximum Gasteiger partial charge on any atom is 0.269 e. The zero-order valence-corrected chi connectivity index (χ0v) is 9.83. The van der Waals surface area contributed by atoms with Crippen LogP contribution >= 0.6 is 11.8 Å². The fraction of sp³-hybridized carbons (Fsp3) is 0.364. The zero-order valence-electron chi connectivity index (χ0n) is 9.01. The number of hydrogen-bond donors (Lipinski definition) is 0. The molecule has 0 bridgehead atoms. The Kier molecular flexibility index (Phi) is 4.98. The van der Waals surface area contributed by atoms with Crippen LogP contribution in [0.2, 0.25) is 0 Å². The lowest BCUT2D eigenvalue weighted by atomic mass is 10.2. The molecule has 16 heavy (non-hydrogen) atoms. The van der Waals surface area contributed by atoms with Gasteiger partial charge in [0.05, 0.1) is 4.92 Å². The second-order valence-electron chi connectivity index (χ2n) is 3.43. The maximum atomic E-state index is 10.7. The number of carbonyl (C=O) groups excluding carboxylic acids is 1. The van der Waals surface area contributed by atoms with Gasteiger partial charge in [0.1, 0.15) is 5.78 Å². The van der Waals surface area contributed by atoms with Gasteiger partial charge in [-0.1, -0.05) is 12.1 Å². The van der Waals surface area contributed by atoms with Crippen molar-refractivity contribution in [1.29, 1.82) is 0 Å². The van der Waals surface area contributed by atoms with Crippen molar-refractivity contribution >= 4 is 23.2 Å². The Morgan fingerprint density at radius 3 is 2.50 bits per heavy atom. The molecule has 0 atom stereocenters. The van der Waals surface area contributed by atoms with Crippen molar-refractivity contribution < 1.29 is 9.72 Å². The summed E-state index contributed by atoms with van der Waals surface area (Å²) in [5.41, 5.74) is 1.15. The van der Waals surface area contributed by atoms with Gasteiger partial charge < -0.3 is 0 Å². The molecule has 0 aromatic heterocycles. The SMILES string of the molecule is CC(=O)CCSCc1ccc([N+](=O)[O-])cc1. The Morgan fingerprint density at radius 2 is 2.00 bits per heavy atom. The molecule has 0 amide bonds. The molecule has 0 aliphatic carbocycles. The number of thioether (sulfide) groups is 1. The molecule has 0 spiro atoms. The van der Waals surface area contributed by atoms with Crippen molar-refractivity contribution in [3.8, 4) is 0 Å². The summed E-state index contributed by atoms with van der Waals surface area (Å²) < 4.78 is 0. The molecule has 0 aliphatic rings. The average Bonchev–Trinajstić information content (AvgIpc) is 2.25. The van der Waals surface area contributed by atoms with Gasteiger partial charge in [-0.2, -0.15) is 11.8 Å². The van der Waals surface area contributed by atoms with Crippen LogP contribution in [0.3, 0.4) is 0 Å². The molecule has 1 rings (SSSR count). The molecule has 0 saturated carbocycles. The molecule has 1 aromatic carbocycles. The molecule has 4 nitrogen and oxygen atoms in total. The van der Waals surface area contributed by atoms with E-state index < -0.39 is 4.92 Å². The number of carbonyl (C=O) groups is 1. The van der Waals surface area contributed by atoms with E-state index >= 15 is 0 Å². The third-order valence-corrected chi connectivity index (χ3v) is 3.04. The Hall–Kier alpha value is -1.36. The summed E-state index contributed by atoms with van der Waals surface area (Å²) >= 11 is 1.66. The highest BCUT2D eigenvalue weighted by atomic mass is 32.2. The minimum Gasteiger partial charge on any atom is -0.300 e. The summed E-state index contributed by atoms with van der Waals surface area (Å²) in [6.07, 6.45) is 0.581. The van der Waals surface area contributed by atoms with E-state index in [4.69, 9.17) is 0 Å². The first kappa shape index (κ1) is 12.7. The fourth-order valence-electron chi connectivity index (χ4n) is 1.12. The van der Waals surface area contributed by atoms with Crippen LogP contribution in [0.25, 0.3) is 0 Å². The lowest BCUT2D eigenvalue weighted by molar-refractivity contribution is -0.384. The smallest absolute Gasteiger partial charge is 0.269 e. The van der Waals surface area contributed by atoms with E-state index in [0.29, 0.717) is 6.42 Å². The minimum absolute atomic E-state index is 0.109. The molecule has 1 aromatic rings. The van der Waals surface area contributed by atoms with E-state index in [-0.39, 0.29) is 11.5 Å². The monoisotopic (exact) mass is 239 g/mol. The predicted octanol–water partition coefficient (Wildman–Crippen LogP) is 2.81. The molecular formula is C11H13NO3S. The molecule has 0 heterocycles. The van der Waals surface area contributed by atoms with Gasteiger partial charge >= 0.3 is 0 Å². The van der Waals surface area contributed by atoms with Crippen LogP contribution < -0.4 is 0 Å². The Bertz CT molecular complexity index is 375. The van der Waals surface area contributed by atoms with Crippen molar-refractivity contribution in [3.63, 3.8) is 0 Å². The normalized spacial score (nSPS) is 10.1. The summed E-state index contributed by atoms with van der Waals surface area (Å²) in [5, 5.41) is 10.4. The maximum absolute atomic E-state index is 10.7. The lowest BCUT2D eigenvalue weighted by Crippen LogP contribution is -1.92. The summed E-state index contributed by atoms with van der Waals surface area (Å²) in [5.74, 6) is 1.77. The van der Waals surface area contributed by atoms with Gasteiger partial charge in [0.2, 0.25) is 0 Å². The molecule has 0 unspecified atom stereocenters. The van der Waals surface area contributed by atoms with Crippen LogP contribution in [-0.2, 0) is 10.5 Å². The molecule has 0 N–H and O–H groups in total. The van der Waals surface area contributed by atoms with Crippen LogP contribution in [0.15, 0.2) is 24.3 Å². The van der Waals surface area contributed by atoms with Gasteiger partial charge in [-0.3, -0.25) is 14.9 Å². The number of ketones is 1. The highest BCUT2D eigenvalue weighted by Crippen LogP contribution is 2.17. The molecule has 86 valence electrons. The van der Waals surface area contributed by atoms with E-state index in [1.807, 2.05) is 0 Å². The fourth-order valence-corrected chi connectivity index (χ4v) is 2.12. The first-order valence-corrected chi connectivity index (χ1v) is 6.05. The Labute approximate surface area is 98.2 Å². The number of non-ortho nitro benzene ring substituents is 1. The minimum atomic E-state index is -0.410. The standard InChI is InChI=1S/C11H13NO3S/c1-9(13)6-7-16-8-10-2-4-11(5-3-10)12(14)15/h2-5H,6-8H2,1H3. The van der Waals surface area contributed by atoms with E-state index in [9.17, 15) is 14.9 Å². The van der Waals surface area contributed by atoms with Crippen molar-refractivity contribution in [1.82, 2.24) is 0 Å². The van der Waals surface area contributed by atoms with Gasteiger partial charge in [0.15, 0.2) is 0 Å². The van der Waals surface area contributed by atoms with E-state index in [0.717, 1.165) is 17.1 Å². The van der Waals surface area contributed by atoms with Crippen molar-refractivity contribution in [2.24, 2.45) is 0 Å². The summed E-state index contributed by atoms with van der Waals surface area (Å²) in [4.78, 5) is 20.7. The van der Waals surface area contributed by atoms with Crippen molar-refractivity contribution in [2.45, 2.75) is 19.1 Å². The highest BCUT2D eigenvalue weighted by Gasteiger charge is 2.03. The zero-order chi connectivity index (χ0) is 12.0. The van der Waals surface area contributed by atoms with Gasteiger partial charge in [-0.25, -0.2) is 0 Å². The van der Waals surface area contributed by atoms with Crippen LogP contribution in [0.4, 0.5) is 5.69 Å². The number of benzene rings is 1. The van der Waals surface area contributed by atoms with Crippen LogP contribution in [0.5, 0.6) is 0 Å². The second kappa shape index (κ2) is 6.27. The average molecular weight is 239 g/mol. The van der Waals surface area contributed by atoms with Crippen LogP contribution in [0.1, 0.15) is 18.9 Å². The van der Waals surface area contributed by atoms with E-state index in [1.165, 1.54) is 12.1 Å². The predicted molar refractivity (Wildman–Crippen MR) is 64.6 cm³/mol. The first-order chi connectivity index (χ1) is 7.59. The van der Waals surface area contributed by atoms with Crippen LogP contribution in [-0.4, -0.2) is 16.5 Å². The van der Waals surface area contributed by atoms with Crippen molar-refractivity contribution in [3.05, 3.63) is 39.9 Å². The first-order valence-electron chi connectivity index (χ1n) is 4.90. The Balaban J connectivity index is 2.38. The van der Waals surface area contributed by atoms with Gasteiger partial charge in [-0.05, 0) is 12.5 Å². The van der Waals surface area contributed by atoms with Crippen molar-refractivity contribution in [2.75, 3.05) is 5.75 Å². The Morgan fingerprint density at radius 1 is 1.38 bits per heavy atom. The largest absolute Gasteiger partial charge is 0.300 e. The number of nitro groups is 1. The van der Waals surface area contributed by atoms with Gasteiger partial charge in [0.25, 0.3) is 5.69 Å².